The Morgan fingerprint density at radius 2 is 1.88 bits per heavy atom. The highest BCUT2D eigenvalue weighted by Crippen LogP contribution is 2.18. The van der Waals surface area contributed by atoms with Crippen LogP contribution in [0.25, 0.3) is 0 Å². The fraction of sp³-hybridized carbons (Fsp3) is 0.818. The van der Waals surface area contributed by atoms with Gasteiger partial charge >= 0.3 is 5.97 Å². The van der Waals surface area contributed by atoms with Crippen LogP contribution in [0.1, 0.15) is 12.8 Å². The van der Waals surface area contributed by atoms with Gasteiger partial charge in [0.05, 0.1) is 13.1 Å². The molecule has 0 spiro atoms. The maximum absolute atomic E-state index is 11.6. The molecule has 6 heteroatoms. The number of carbonyl (C=O) groups excluding carboxylic acids is 1. The normalized spacial score (nSPS) is 15.3. The molecule has 17 heavy (non-hydrogen) atoms. The van der Waals surface area contributed by atoms with E-state index in [-0.39, 0.29) is 19.0 Å². The number of carboxylic acid groups (broad SMARTS) is 1. The average molecular weight is 243 g/mol. The maximum atomic E-state index is 11.6. The molecule has 2 N–H and O–H groups in total. The summed E-state index contributed by atoms with van der Waals surface area (Å²) in [4.78, 5) is 25.9. The highest BCUT2D eigenvalue weighted by Gasteiger charge is 2.24. The number of carbonyl (C=O) groups is 2. The molecule has 0 atom stereocenters. The Kier molecular flexibility index (Phi) is 5.37. The molecule has 98 valence electrons. The van der Waals surface area contributed by atoms with Crippen molar-refractivity contribution in [3.05, 3.63) is 0 Å². The minimum atomic E-state index is -0.900. The molecule has 0 unspecified atom stereocenters. The number of nitrogens with zero attached hydrogens (tertiary/aromatic N) is 2. The van der Waals surface area contributed by atoms with Crippen LogP contribution in [0.2, 0.25) is 0 Å². The third kappa shape index (κ3) is 6.91. The van der Waals surface area contributed by atoms with Crippen molar-refractivity contribution in [3.63, 3.8) is 0 Å². The van der Waals surface area contributed by atoms with Gasteiger partial charge < -0.3 is 15.3 Å². The van der Waals surface area contributed by atoms with Crippen molar-refractivity contribution in [2.24, 2.45) is 0 Å². The summed E-state index contributed by atoms with van der Waals surface area (Å²) in [5.41, 5.74) is 0. The van der Waals surface area contributed by atoms with E-state index in [1.807, 2.05) is 19.0 Å². The van der Waals surface area contributed by atoms with Gasteiger partial charge in [0, 0.05) is 19.1 Å². The van der Waals surface area contributed by atoms with E-state index in [9.17, 15) is 9.59 Å². The first-order chi connectivity index (χ1) is 7.97. The van der Waals surface area contributed by atoms with E-state index in [0.29, 0.717) is 12.6 Å². The molecule has 0 aliphatic heterocycles. The smallest absolute Gasteiger partial charge is 0.317 e. The lowest BCUT2D eigenvalue weighted by atomic mass is 10.4. The van der Waals surface area contributed by atoms with Crippen molar-refractivity contribution < 1.29 is 14.7 Å². The molecule has 1 fully saturated rings. The van der Waals surface area contributed by atoms with Gasteiger partial charge in [-0.25, -0.2) is 0 Å². The molecular formula is C11H21N3O3. The SMILES string of the molecule is CN(C)CCN(CC(=O)O)CC(=O)NC1CC1. The molecule has 0 saturated heterocycles. The Morgan fingerprint density at radius 3 is 2.35 bits per heavy atom. The van der Waals surface area contributed by atoms with Gasteiger partial charge in [-0.1, -0.05) is 0 Å². The standard InChI is InChI=1S/C11H21N3O3/c1-13(2)5-6-14(8-11(16)17)7-10(15)12-9-3-4-9/h9H,3-8H2,1-2H3,(H,12,15)(H,16,17). The van der Waals surface area contributed by atoms with Crippen LogP contribution in [0.3, 0.4) is 0 Å². The van der Waals surface area contributed by atoms with Crippen LogP contribution < -0.4 is 5.32 Å². The second-order valence-corrected chi connectivity index (χ2v) is 4.75. The summed E-state index contributed by atoms with van der Waals surface area (Å²) in [6, 6.07) is 0.322. The molecule has 0 aromatic carbocycles. The predicted octanol–water partition coefficient (Wildman–Crippen LogP) is -0.787. The zero-order valence-corrected chi connectivity index (χ0v) is 10.5. The van der Waals surface area contributed by atoms with Crippen LogP contribution in [0.5, 0.6) is 0 Å². The van der Waals surface area contributed by atoms with E-state index in [1.165, 1.54) is 0 Å². The molecule has 0 radical (unpaired) electrons. The number of hydrogen-bond donors (Lipinski definition) is 2. The Bertz CT molecular complexity index is 277. The number of hydrogen-bond acceptors (Lipinski definition) is 4. The third-order valence-corrected chi connectivity index (χ3v) is 2.53. The van der Waals surface area contributed by atoms with E-state index >= 15 is 0 Å². The second-order valence-electron chi connectivity index (χ2n) is 4.75. The van der Waals surface area contributed by atoms with Gasteiger partial charge in [-0.2, -0.15) is 0 Å². The molecule has 1 aliphatic carbocycles. The summed E-state index contributed by atoms with van der Waals surface area (Å²) in [6.45, 7) is 1.39. The Labute approximate surface area is 102 Å². The first-order valence-corrected chi connectivity index (χ1v) is 5.85. The van der Waals surface area contributed by atoms with Gasteiger partial charge in [-0.3, -0.25) is 14.5 Å². The highest BCUT2D eigenvalue weighted by atomic mass is 16.4. The van der Waals surface area contributed by atoms with Crippen LogP contribution >= 0.6 is 0 Å². The summed E-state index contributed by atoms with van der Waals surface area (Å²) < 4.78 is 0. The highest BCUT2D eigenvalue weighted by molar-refractivity contribution is 5.79. The van der Waals surface area contributed by atoms with Gasteiger partial charge in [0.15, 0.2) is 0 Å². The van der Waals surface area contributed by atoms with E-state index in [1.54, 1.807) is 4.90 Å². The first kappa shape index (κ1) is 13.9. The predicted molar refractivity (Wildman–Crippen MR) is 63.8 cm³/mol. The van der Waals surface area contributed by atoms with Gasteiger partial charge in [0.1, 0.15) is 0 Å². The number of rotatable bonds is 8. The number of aliphatic carboxylic acids is 1. The lowest BCUT2D eigenvalue weighted by molar-refractivity contribution is -0.138. The topological polar surface area (TPSA) is 72.9 Å². The fourth-order valence-electron chi connectivity index (χ4n) is 1.45. The Morgan fingerprint density at radius 1 is 1.24 bits per heavy atom. The van der Waals surface area contributed by atoms with Gasteiger partial charge in [0.25, 0.3) is 0 Å². The number of nitrogens with one attached hydrogen (secondary N) is 1. The van der Waals surface area contributed by atoms with Crippen molar-refractivity contribution in [1.82, 2.24) is 15.1 Å². The van der Waals surface area contributed by atoms with Gasteiger partial charge in [-0.15, -0.1) is 0 Å². The molecule has 6 nitrogen and oxygen atoms in total. The van der Waals surface area contributed by atoms with E-state index in [0.717, 1.165) is 19.4 Å². The molecule has 0 aromatic rings. The van der Waals surface area contributed by atoms with Crippen molar-refractivity contribution in [3.8, 4) is 0 Å². The number of carboxylic acids is 1. The minimum Gasteiger partial charge on any atom is -0.480 e. The monoisotopic (exact) mass is 243 g/mol. The molecule has 1 saturated carbocycles. The summed E-state index contributed by atoms with van der Waals surface area (Å²) in [6.07, 6.45) is 2.09. The maximum Gasteiger partial charge on any atom is 0.317 e. The van der Waals surface area contributed by atoms with Crippen LogP contribution in [0.4, 0.5) is 0 Å². The number of likely N-dealkylation sites (N-methyl/N-ethyl adjacent to an activating group) is 1. The summed E-state index contributed by atoms with van der Waals surface area (Å²) in [7, 11) is 3.84. The molecule has 1 amide bonds. The molecule has 1 aliphatic rings. The number of amides is 1. The first-order valence-electron chi connectivity index (χ1n) is 5.85. The van der Waals surface area contributed by atoms with Crippen molar-refractivity contribution >= 4 is 11.9 Å². The lowest BCUT2D eigenvalue weighted by Crippen LogP contribution is -2.43. The lowest BCUT2D eigenvalue weighted by Gasteiger charge is -2.21. The average Bonchev–Trinajstić information content (AvgIpc) is 2.96. The zero-order chi connectivity index (χ0) is 12.8. The molecular weight excluding hydrogens is 222 g/mol. The summed E-state index contributed by atoms with van der Waals surface area (Å²) in [5.74, 6) is -0.976. The fourth-order valence-corrected chi connectivity index (χ4v) is 1.45. The Hall–Kier alpha value is -1.14. The van der Waals surface area contributed by atoms with E-state index < -0.39 is 5.97 Å². The zero-order valence-electron chi connectivity index (χ0n) is 10.5. The molecule has 0 heterocycles. The van der Waals surface area contributed by atoms with Crippen molar-refractivity contribution in [2.75, 3.05) is 40.3 Å². The van der Waals surface area contributed by atoms with Crippen LogP contribution in [-0.2, 0) is 9.59 Å². The van der Waals surface area contributed by atoms with Gasteiger partial charge in [-0.05, 0) is 26.9 Å². The third-order valence-electron chi connectivity index (χ3n) is 2.53. The van der Waals surface area contributed by atoms with Crippen LogP contribution in [0.15, 0.2) is 0 Å². The van der Waals surface area contributed by atoms with Crippen molar-refractivity contribution in [2.45, 2.75) is 18.9 Å². The van der Waals surface area contributed by atoms with E-state index in [2.05, 4.69) is 5.32 Å². The largest absolute Gasteiger partial charge is 0.480 e. The van der Waals surface area contributed by atoms with Crippen LogP contribution in [-0.4, -0.2) is 73.1 Å². The summed E-state index contributed by atoms with van der Waals surface area (Å²) >= 11 is 0. The molecule has 0 bridgehead atoms. The Balaban J connectivity index is 2.31. The summed E-state index contributed by atoms with van der Waals surface area (Å²) in [5, 5.41) is 11.6. The van der Waals surface area contributed by atoms with Crippen LogP contribution in [0, 0.1) is 0 Å². The van der Waals surface area contributed by atoms with E-state index in [4.69, 9.17) is 5.11 Å². The second kappa shape index (κ2) is 6.56. The molecule has 1 rings (SSSR count). The van der Waals surface area contributed by atoms with Gasteiger partial charge in [0.2, 0.25) is 5.91 Å². The quantitative estimate of drug-likeness (QED) is 0.585. The van der Waals surface area contributed by atoms with Crippen molar-refractivity contribution in [1.29, 1.82) is 0 Å². The molecule has 0 aromatic heterocycles. The minimum absolute atomic E-state index is 0.0764.